The zero-order chi connectivity index (χ0) is 17.7. The number of nitrogens with zero attached hydrogens (tertiary/aromatic N) is 2. The number of carbonyl (C=O) groups excluding carboxylic acids is 1. The molecule has 0 spiro atoms. The van der Waals surface area contributed by atoms with Gasteiger partial charge in [0, 0.05) is 26.1 Å². The van der Waals surface area contributed by atoms with E-state index in [9.17, 15) is 15.0 Å². The molecule has 0 unspecified atom stereocenters. The first-order valence-corrected chi connectivity index (χ1v) is 8.30. The monoisotopic (exact) mass is 337 g/mol. The van der Waals surface area contributed by atoms with Crippen molar-refractivity contribution in [3.8, 4) is 0 Å². The Labute approximate surface area is 142 Å². The van der Waals surface area contributed by atoms with E-state index in [2.05, 4.69) is 10.3 Å². The van der Waals surface area contributed by atoms with E-state index in [-0.39, 0.29) is 24.3 Å². The van der Waals surface area contributed by atoms with Crippen LogP contribution in [-0.2, 0) is 4.74 Å². The van der Waals surface area contributed by atoms with Gasteiger partial charge in [0.2, 0.25) is 0 Å². The zero-order valence-corrected chi connectivity index (χ0v) is 14.5. The predicted octanol–water partition coefficient (Wildman–Crippen LogP) is 0.590. The summed E-state index contributed by atoms with van der Waals surface area (Å²) < 4.78 is 5.32. The average molecular weight is 337 g/mol. The lowest BCUT2D eigenvalue weighted by atomic mass is 9.95. The van der Waals surface area contributed by atoms with Gasteiger partial charge in [-0.1, -0.05) is 19.9 Å². The van der Waals surface area contributed by atoms with E-state index in [0.717, 1.165) is 0 Å². The van der Waals surface area contributed by atoms with Gasteiger partial charge in [-0.25, -0.2) is 4.98 Å². The summed E-state index contributed by atoms with van der Waals surface area (Å²) in [6.45, 7) is 5.37. The molecule has 1 saturated heterocycles. The molecule has 134 valence electrons. The lowest BCUT2D eigenvalue weighted by molar-refractivity contribution is -0.124. The van der Waals surface area contributed by atoms with Crippen LogP contribution in [-0.4, -0.2) is 71.6 Å². The number of nitrogens with one attached hydrogen (secondary N) is 1. The lowest BCUT2D eigenvalue weighted by Crippen LogP contribution is -2.50. The number of hydrogen-bond donors (Lipinski definition) is 3. The summed E-state index contributed by atoms with van der Waals surface area (Å²) in [4.78, 5) is 18.8. The molecule has 2 rings (SSSR count). The van der Waals surface area contributed by atoms with E-state index >= 15 is 0 Å². The zero-order valence-electron chi connectivity index (χ0n) is 14.5. The minimum Gasteiger partial charge on any atom is -0.390 e. The predicted molar refractivity (Wildman–Crippen MR) is 90.8 cm³/mol. The van der Waals surface area contributed by atoms with Crippen LogP contribution in [0.15, 0.2) is 18.2 Å². The van der Waals surface area contributed by atoms with Crippen molar-refractivity contribution in [3.05, 3.63) is 23.9 Å². The van der Waals surface area contributed by atoms with Crippen LogP contribution < -0.4 is 5.32 Å². The molecule has 1 aromatic heterocycles. The smallest absolute Gasteiger partial charge is 0.272 e. The van der Waals surface area contributed by atoms with Crippen molar-refractivity contribution in [3.63, 3.8) is 0 Å². The molecule has 0 bridgehead atoms. The van der Waals surface area contributed by atoms with E-state index in [0.29, 0.717) is 31.2 Å². The van der Waals surface area contributed by atoms with Crippen LogP contribution in [0.1, 0.15) is 24.3 Å². The fraction of sp³-hybridized carbons (Fsp3) is 0.647. The summed E-state index contributed by atoms with van der Waals surface area (Å²) in [6.07, 6.45) is -1.80. The fourth-order valence-corrected chi connectivity index (χ4v) is 2.83. The number of aliphatic hydroxyl groups is 2. The van der Waals surface area contributed by atoms with Crippen LogP contribution in [0.2, 0.25) is 0 Å². The average Bonchev–Trinajstić information content (AvgIpc) is 2.57. The molecule has 1 fully saturated rings. The van der Waals surface area contributed by atoms with E-state index < -0.39 is 12.2 Å². The first kappa shape index (κ1) is 18.6. The van der Waals surface area contributed by atoms with Crippen molar-refractivity contribution in [1.82, 2.24) is 9.88 Å². The van der Waals surface area contributed by atoms with Gasteiger partial charge in [-0.15, -0.1) is 0 Å². The van der Waals surface area contributed by atoms with Crippen molar-refractivity contribution < 1.29 is 19.7 Å². The largest absolute Gasteiger partial charge is 0.390 e. The Hall–Kier alpha value is -1.70. The van der Waals surface area contributed by atoms with E-state index in [4.69, 9.17) is 4.74 Å². The number of aliphatic hydroxyl groups excluding tert-OH is 2. The maximum absolute atomic E-state index is 12.9. The number of aromatic nitrogens is 1. The number of anilines is 1. The Morgan fingerprint density at radius 1 is 1.42 bits per heavy atom. The first-order chi connectivity index (χ1) is 11.4. The number of pyridine rings is 1. The Bertz CT molecular complexity index is 552. The minimum atomic E-state index is -0.912. The third-order valence-corrected chi connectivity index (χ3v) is 4.05. The summed E-state index contributed by atoms with van der Waals surface area (Å²) in [5, 5.41) is 22.9. The molecule has 1 aromatic rings. The molecule has 7 heteroatoms. The number of hydrogen-bond acceptors (Lipinski definition) is 6. The van der Waals surface area contributed by atoms with E-state index in [1.54, 1.807) is 30.1 Å². The Morgan fingerprint density at radius 2 is 2.17 bits per heavy atom. The Kier molecular flexibility index (Phi) is 6.53. The highest BCUT2D eigenvalue weighted by Crippen LogP contribution is 2.19. The summed E-state index contributed by atoms with van der Waals surface area (Å²) >= 11 is 0. The van der Waals surface area contributed by atoms with Crippen LogP contribution in [0.5, 0.6) is 0 Å². The summed E-state index contributed by atoms with van der Waals surface area (Å²) in [5.74, 6) is 0.395. The molecule has 0 aliphatic carbocycles. The molecule has 3 atom stereocenters. The first-order valence-electron chi connectivity index (χ1n) is 8.30. The molecule has 3 N–H and O–H groups in total. The van der Waals surface area contributed by atoms with Crippen LogP contribution in [0.3, 0.4) is 0 Å². The second-order valence-electron chi connectivity index (χ2n) is 6.62. The van der Waals surface area contributed by atoms with Gasteiger partial charge >= 0.3 is 0 Å². The molecule has 0 saturated carbocycles. The third-order valence-electron chi connectivity index (χ3n) is 4.05. The molecular formula is C17H27N3O4. The van der Waals surface area contributed by atoms with Gasteiger partial charge in [-0.05, 0) is 18.1 Å². The number of carbonyl (C=O) groups is 1. The topological polar surface area (TPSA) is 94.9 Å². The van der Waals surface area contributed by atoms with Gasteiger partial charge in [0.15, 0.2) is 0 Å². The molecule has 2 heterocycles. The molecule has 24 heavy (non-hydrogen) atoms. The quantitative estimate of drug-likeness (QED) is 0.703. The van der Waals surface area contributed by atoms with Crippen molar-refractivity contribution >= 4 is 11.7 Å². The summed E-state index contributed by atoms with van der Waals surface area (Å²) in [5.41, 5.74) is 0.356. The molecule has 0 aromatic carbocycles. The molecule has 0 radical (unpaired) electrons. The van der Waals surface area contributed by atoms with Crippen LogP contribution in [0.25, 0.3) is 0 Å². The Morgan fingerprint density at radius 3 is 2.83 bits per heavy atom. The van der Waals surface area contributed by atoms with Crippen LogP contribution in [0, 0.1) is 11.8 Å². The van der Waals surface area contributed by atoms with Gasteiger partial charge in [0.25, 0.3) is 5.91 Å². The second kappa shape index (κ2) is 8.41. The van der Waals surface area contributed by atoms with Crippen LogP contribution in [0.4, 0.5) is 5.82 Å². The molecular weight excluding hydrogens is 310 g/mol. The maximum atomic E-state index is 12.9. The van der Waals surface area contributed by atoms with E-state index in [1.165, 1.54) is 0 Å². The van der Waals surface area contributed by atoms with Crippen LogP contribution >= 0.6 is 0 Å². The molecule has 1 amide bonds. The highest BCUT2D eigenvalue weighted by molar-refractivity contribution is 5.92. The van der Waals surface area contributed by atoms with Crippen molar-refractivity contribution in [2.45, 2.75) is 26.1 Å². The normalized spacial score (nSPS) is 24.0. The second-order valence-corrected chi connectivity index (χ2v) is 6.62. The SMILES string of the molecule is CNc1cccc(C(=O)N(CC(C)C)C[C@@H]2COC[C@@H](O)[C@H]2O)n1. The van der Waals surface area contributed by atoms with E-state index in [1.807, 2.05) is 13.8 Å². The number of amides is 1. The Balaban J connectivity index is 2.16. The molecule has 1 aliphatic rings. The standard InChI is InChI=1S/C17H27N3O4/c1-11(2)7-20(8-12-9-24-10-14(21)16(12)22)17(23)13-5-4-6-15(18-3)19-13/h4-6,11-12,14,16,21-22H,7-10H2,1-3H3,(H,18,19)/t12-,14-,16+/m1/s1. The van der Waals surface area contributed by atoms with Crippen molar-refractivity contribution in [2.75, 3.05) is 38.7 Å². The van der Waals surface area contributed by atoms with Gasteiger partial charge in [0.1, 0.15) is 17.6 Å². The van der Waals surface area contributed by atoms with Gasteiger partial charge in [-0.3, -0.25) is 4.79 Å². The van der Waals surface area contributed by atoms with Gasteiger partial charge in [0.05, 0.1) is 19.3 Å². The fourth-order valence-electron chi connectivity index (χ4n) is 2.83. The van der Waals surface area contributed by atoms with Crippen molar-refractivity contribution in [1.29, 1.82) is 0 Å². The minimum absolute atomic E-state index is 0.127. The lowest BCUT2D eigenvalue weighted by Gasteiger charge is -2.36. The number of ether oxygens (including phenoxy) is 1. The molecule has 1 aliphatic heterocycles. The third kappa shape index (κ3) is 4.66. The molecule has 7 nitrogen and oxygen atoms in total. The maximum Gasteiger partial charge on any atom is 0.272 e. The highest BCUT2D eigenvalue weighted by atomic mass is 16.5. The van der Waals surface area contributed by atoms with Gasteiger partial charge in [-0.2, -0.15) is 0 Å². The summed E-state index contributed by atoms with van der Waals surface area (Å²) in [6, 6.07) is 5.25. The van der Waals surface area contributed by atoms with Crippen molar-refractivity contribution in [2.24, 2.45) is 11.8 Å². The van der Waals surface area contributed by atoms with Gasteiger partial charge < -0.3 is 25.2 Å². The number of rotatable bonds is 6. The summed E-state index contributed by atoms with van der Waals surface area (Å²) in [7, 11) is 1.75. The highest BCUT2D eigenvalue weighted by Gasteiger charge is 2.34.